The van der Waals surface area contributed by atoms with E-state index in [1.165, 1.54) is 22.5 Å². The van der Waals surface area contributed by atoms with Gasteiger partial charge in [-0.2, -0.15) is 12.7 Å². The summed E-state index contributed by atoms with van der Waals surface area (Å²) in [5, 5.41) is 10.7. The highest BCUT2D eigenvalue weighted by Crippen LogP contribution is 2.24. The molecule has 1 N–H and O–H groups in total. The van der Waals surface area contributed by atoms with Gasteiger partial charge < -0.3 is 0 Å². The minimum atomic E-state index is -3.64. The number of aryl methyl sites for hydroxylation is 1. The quantitative estimate of drug-likeness (QED) is 0.680. The van der Waals surface area contributed by atoms with Crippen LogP contribution in [0.2, 0.25) is 0 Å². The Balaban J connectivity index is 2.24. The van der Waals surface area contributed by atoms with Gasteiger partial charge in [-0.3, -0.25) is 14.8 Å². The summed E-state index contributed by atoms with van der Waals surface area (Å²) >= 11 is 0. The fourth-order valence-corrected chi connectivity index (χ4v) is 3.51. The molecule has 0 amide bonds. The molecule has 0 radical (unpaired) electrons. The Morgan fingerprint density at radius 3 is 2.50 bits per heavy atom. The second-order valence-electron chi connectivity index (χ2n) is 4.82. The highest BCUT2D eigenvalue weighted by molar-refractivity contribution is 7.90. The van der Waals surface area contributed by atoms with Crippen LogP contribution in [0.25, 0.3) is 0 Å². The van der Waals surface area contributed by atoms with Crippen LogP contribution in [0, 0.1) is 17.0 Å². The van der Waals surface area contributed by atoms with Crippen molar-refractivity contribution in [3.05, 3.63) is 33.9 Å². The van der Waals surface area contributed by atoms with Gasteiger partial charge in [-0.15, -0.1) is 0 Å². The minimum absolute atomic E-state index is 0.132. The standard InChI is InChI=1S/C12H17N3O4S/c1-10-5-6-11(15(16)17)9-12(10)13-20(18,19)14-7-3-2-4-8-14/h5-6,9,13H,2-4,7-8H2,1H3. The summed E-state index contributed by atoms with van der Waals surface area (Å²) in [6, 6.07) is 4.14. The van der Waals surface area contributed by atoms with Gasteiger partial charge in [-0.1, -0.05) is 12.5 Å². The number of benzene rings is 1. The molecule has 0 aliphatic carbocycles. The van der Waals surface area contributed by atoms with Crippen molar-refractivity contribution in [1.82, 2.24) is 4.31 Å². The Hall–Kier alpha value is -1.67. The third kappa shape index (κ3) is 3.26. The molecule has 1 aliphatic rings. The lowest BCUT2D eigenvalue weighted by Gasteiger charge is -2.26. The van der Waals surface area contributed by atoms with E-state index in [-0.39, 0.29) is 11.4 Å². The molecule has 0 aromatic heterocycles. The zero-order chi connectivity index (χ0) is 14.8. The van der Waals surface area contributed by atoms with E-state index < -0.39 is 15.1 Å². The Kier molecular flexibility index (Phi) is 4.24. The molecule has 7 nitrogen and oxygen atoms in total. The zero-order valence-corrected chi connectivity index (χ0v) is 12.0. The van der Waals surface area contributed by atoms with E-state index in [0.29, 0.717) is 18.7 Å². The van der Waals surface area contributed by atoms with Crippen LogP contribution in [0.15, 0.2) is 18.2 Å². The van der Waals surface area contributed by atoms with Crippen LogP contribution in [0.3, 0.4) is 0 Å². The van der Waals surface area contributed by atoms with E-state index in [1.807, 2.05) is 0 Å². The van der Waals surface area contributed by atoms with Crippen LogP contribution in [0.4, 0.5) is 11.4 Å². The highest BCUT2D eigenvalue weighted by atomic mass is 32.2. The molecular weight excluding hydrogens is 282 g/mol. The fourth-order valence-electron chi connectivity index (χ4n) is 2.14. The molecule has 0 unspecified atom stereocenters. The van der Waals surface area contributed by atoms with Crippen molar-refractivity contribution in [3.8, 4) is 0 Å². The van der Waals surface area contributed by atoms with Gasteiger partial charge in [0.25, 0.3) is 5.69 Å². The van der Waals surface area contributed by atoms with Crippen LogP contribution in [-0.4, -0.2) is 30.7 Å². The maximum absolute atomic E-state index is 12.2. The van der Waals surface area contributed by atoms with Crippen LogP contribution in [0.1, 0.15) is 24.8 Å². The summed E-state index contributed by atoms with van der Waals surface area (Å²) in [6.45, 7) is 2.68. The predicted molar refractivity (Wildman–Crippen MR) is 75.8 cm³/mol. The van der Waals surface area contributed by atoms with Crippen LogP contribution in [-0.2, 0) is 10.2 Å². The first-order valence-electron chi connectivity index (χ1n) is 6.43. The van der Waals surface area contributed by atoms with Gasteiger partial charge in [0, 0.05) is 25.2 Å². The zero-order valence-electron chi connectivity index (χ0n) is 11.2. The lowest BCUT2D eigenvalue weighted by atomic mass is 10.2. The summed E-state index contributed by atoms with van der Waals surface area (Å²) in [6.07, 6.45) is 2.71. The average Bonchev–Trinajstić information content (AvgIpc) is 2.42. The van der Waals surface area contributed by atoms with Crippen molar-refractivity contribution < 1.29 is 13.3 Å². The molecule has 1 aromatic carbocycles. The number of piperidine rings is 1. The fraction of sp³-hybridized carbons (Fsp3) is 0.500. The summed E-state index contributed by atoms with van der Waals surface area (Å²) in [4.78, 5) is 10.2. The molecule has 0 bridgehead atoms. The number of nitro benzene ring substituents is 1. The van der Waals surface area contributed by atoms with Crippen LogP contribution in [0.5, 0.6) is 0 Å². The van der Waals surface area contributed by atoms with Crippen molar-refractivity contribution in [2.75, 3.05) is 17.8 Å². The number of rotatable bonds is 4. The van der Waals surface area contributed by atoms with E-state index >= 15 is 0 Å². The average molecular weight is 299 g/mol. The molecule has 0 spiro atoms. The van der Waals surface area contributed by atoms with Gasteiger partial charge >= 0.3 is 10.2 Å². The number of hydrogen-bond donors (Lipinski definition) is 1. The number of anilines is 1. The van der Waals surface area contributed by atoms with Gasteiger partial charge in [0.1, 0.15) is 0 Å². The second-order valence-corrected chi connectivity index (χ2v) is 6.49. The summed E-state index contributed by atoms with van der Waals surface area (Å²) in [7, 11) is -3.64. The molecule has 1 saturated heterocycles. The van der Waals surface area contributed by atoms with Gasteiger partial charge in [-0.25, -0.2) is 0 Å². The molecule has 1 heterocycles. The number of nitrogens with zero attached hydrogens (tertiary/aromatic N) is 2. The van der Waals surface area contributed by atoms with E-state index in [9.17, 15) is 18.5 Å². The topological polar surface area (TPSA) is 92.5 Å². The molecule has 1 aromatic rings. The van der Waals surface area contributed by atoms with Crippen molar-refractivity contribution in [3.63, 3.8) is 0 Å². The van der Waals surface area contributed by atoms with Gasteiger partial charge in [0.2, 0.25) is 0 Å². The molecule has 8 heteroatoms. The highest BCUT2D eigenvalue weighted by Gasteiger charge is 2.24. The van der Waals surface area contributed by atoms with Gasteiger partial charge in [0.15, 0.2) is 0 Å². The smallest absolute Gasteiger partial charge is 0.270 e. The Morgan fingerprint density at radius 2 is 1.90 bits per heavy atom. The molecule has 1 fully saturated rings. The van der Waals surface area contributed by atoms with E-state index in [0.717, 1.165) is 19.3 Å². The molecular formula is C12H17N3O4S. The largest absolute Gasteiger partial charge is 0.301 e. The SMILES string of the molecule is Cc1ccc([N+](=O)[O-])cc1NS(=O)(=O)N1CCCCC1. The third-order valence-electron chi connectivity index (χ3n) is 3.33. The predicted octanol–water partition coefficient (Wildman–Crippen LogP) is 2.05. The number of hydrogen-bond acceptors (Lipinski definition) is 4. The third-order valence-corrected chi connectivity index (χ3v) is 4.85. The first-order chi connectivity index (χ1) is 9.40. The van der Waals surface area contributed by atoms with Crippen molar-refractivity contribution in [1.29, 1.82) is 0 Å². The summed E-state index contributed by atoms with van der Waals surface area (Å²) in [5.41, 5.74) is 0.771. The van der Waals surface area contributed by atoms with Gasteiger partial charge in [-0.05, 0) is 25.3 Å². The van der Waals surface area contributed by atoms with Crippen molar-refractivity contribution in [2.24, 2.45) is 0 Å². The minimum Gasteiger partial charge on any atom is -0.270 e. The first kappa shape index (κ1) is 14.7. The van der Waals surface area contributed by atoms with Crippen molar-refractivity contribution in [2.45, 2.75) is 26.2 Å². The first-order valence-corrected chi connectivity index (χ1v) is 7.87. The number of nitrogens with one attached hydrogen (secondary N) is 1. The normalized spacial score (nSPS) is 16.9. The Morgan fingerprint density at radius 1 is 1.25 bits per heavy atom. The van der Waals surface area contributed by atoms with E-state index in [1.54, 1.807) is 6.92 Å². The van der Waals surface area contributed by atoms with E-state index in [4.69, 9.17) is 0 Å². The molecule has 2 rings (SSSR count). The van der Waals surface area contributed by atoms with Crippen molar-refractivity contribution >= 4 is 21.6 Å². The molecule has 20 heavy (non-hydrogen) atoms. The monoisotopic (exact) mass is 299 g/mol. The van der Waals surface area contributed by atoms with Crippen LogP contribution >= 0.6 is 0 Å². The second kappa shape index (κ2) is 5.76. The molecule has 0 saturated carbocycles. The summed E-state index contributed by atoms with van der Waals surface area (Å²) in [5.74, 6) is 0. The van der Waals surface area contributed by atoms with Crippen LogP contribution < -0.4 is 4.72 Å². The number of nitro groups is 1. The number of non-ortho nitro benzene ring substituents is 1. The Bertz CT molecular complexity index is 609. The lowest BCUT2D eigenvalue weighted by molar-refractivity contribution is -0.384. The maximum atomic E-state index is 12.2. The molecule has 0 atom stereocenters. The molecule has 1 aliphatic heterocycles. The Labute approximate surface area is 117 Å². The van der Waals surface area contributed by atoms with Gasteiger partial charge in [0.05, 0.1) is 10.6 Å². The maximum Gasteiger partial charge on any atom is 0.301 e. The van der Waals surface area contributed by atoms with E-state index in [2.05, 4.69) is 4.72 Å². The lowest BCUT2D eigenvalue weighted by Crippen LogP contribution is -2.39. The molecule has 110 valence electrons. The summed E-state index contributed by atoms with van der Waals surface area (Å²) < 4.78 is 28.3.